The number of halogens is 3. The Balaban J connectivity index is 1.54. The zero-order valence-electron chi connectivity index (χ0n) is 18.7. The third-order valence-electron chi connectivity index (χ3n) is 5.71. The predicted octanol–water partition coefficient (Wildman–Crippen LogP) is 4.29. The molecule has 186 valence electrons. The maximum Gasteiger partial charge on any atom is 0.404 e. The molecule has 0 saturated carbocycles. The molecule has 1 aliphatic rings. The molecule has 9 nitrogen and oxygen atoms in total. The number of nitrogens with zero attached hydrogens (tertiary/aromatic N) is 3. The number of anilines is 1. The SMILES string of the molecule is C[C@@H]1O[C@H](c2c(NC(=O)c3csc(-c4c(F)cccc4F)n3)cnn2C)CC[C@@H](NC(=O)O)[C@@H]1F. The Morgan fingerprint density at radius 1 is 1.26 bits per heavy atom. The zero-order chi connectivity index (χ0) is 25.3. The number of ether oxygens (including phenoxy) is 1. The first kappa shape index (κ1) is 24.7. The smallest absolute Gasteiger partial charge is 0.404 e. The Hall–Kier alpha value is -3.45. The zero-order valence-corrected chi connectivity index (χ0v) is 19.5. The number of nitrogens with one attached hydrogen (secondary N) is 2. The van der Waals surface area contributed by atoms with Crippen LogP contribution in [-0.4, -0.2) is 50.2 Å². The number of aryl methyl sites for hydroxylation is 1. The second kappa shape index (κ2) is 10.0. The van der Waals surface area contributed by atoms with E-state index in [9.17, 15) is 22.8 Å². The molecule has 0 unspecified atom stereocenters. The highest BCUT2D eigenvalue weighted by Gasteiger charge is 2.36. The molecule has 0 spiro atoms. The lowest BCUT2D eigenvalue weighted by molar-refractivity contribution is -0.0377. The van der Waals surface area contributed by atoms with E-state index in [0.717, 1.165) is 23.5 Å². The van der Waals surface area contributed by atoms with Gasteiger partial charge in [0.25, 0.3) is 5.91 Å². The lowest BCUT2D eigenvalue weighted by Gasteiger charge is -2.23. The highest BCUT2D eigenvalue weighted by atomic mass is 32.1. The quantitative estimate of drug-likeness (QED) is 0.472. The monoisotopic (exact) mass is 509 g/mol. The van der Waals surface area contributed by atoms with Gasteiger partial charge in [0.1, 0.15) is 34.6 Å². The van der Waals surface area contributed by atoms with Crippen LogP contribution in [0.1, 0.15) is 42.1 Å². The van der Waals surface area contributed by atoms with Gasteiger partial charge in [0.15, 0.2) is 0 Å². The summed E-state index contributed by atoms with van der Waals surface area (Å²) >= 11 is 0.922. The lowest BCUT2D eigenvalue weighted by atomic mass is 10.0. The van der Waals surface area contributed by atoms with Gasteiger partial charge >= 0.3 is 6.09 Å². The van der Waals surface area contributed by atoms with Crippen LogP contribution in [0.3, 0.4) is 0 Å². The van der Waals surface area contributed by atoms with Crippen LogP contribution in [-0.2, 0) is 11.8 Å². The van der Waals surface area contributed by atoms with Crippen LogP contribution in [0.25, 0.3) is 10.6 Å². The van der Waals surface area contributed by atoms with E-state index in [1.165, 1.54) is 29.2 Å². The molecule has 1 saturated heterocycles. The van der Waals surface area contributed by atoms with Crippen molar-refractivity contribution in [3.05, 3.63) is 52.8 Å². The number of hydrogen-bond acceptors (Lipinski definition) is 6. The Labute approximate surface area is 201 Å². The minimum atomic E-state index is -1.56. The van der Waals surface area contributed by atoms with Crippen molar-refractivity contribution in [3.8, 4) is 10.6 Å². The van der Waals surface area contributed by atoms with Gasteiger partial charge in [-0.1, -0.05) is 6.07 Å². The Kier molecular flexibility index (Phi) is 7.08. The summed E-state index contributed by atoms with van der Waals surface area (Å²) in [6, 6.07) is 2.51. The molecule has 3 aromatic rings. The van der Waals surface area contributed by atoms with Crippen LogP contribution in [0.5, 0.6) is 0 Å². The van der Waals surface area contributed by atoms with Crippen molar-refractivity contribution in [2.24, 2.45) is 7.05 Å². The number of amides is 2. The van der Waals surface area contributed by atoms with E-state index in [1.54, 1.807) is 7.05 Å². The number of rotatable bonds is 5. The molecular weight excluding hydrogens is 487 g/mol. The van der Waals surface area contributed by atoms with E-state index < -0.39 is 48.1 Å². The number of carboxylic acid groups (broad SMARTS) is 1. The van der Waals surface area contributed by atoms with Gasteiger partial charge in [-0.15, -0.1) is 11.3 Å². The fourth-order valence-electron chi connectivity index (χ4n) is 4.04. The van der Waals surface area contributed by atoms with Gasteiger partial charge in [0.05, 0.1) is 35.3 Å². The molecular formula is C22H22F3N5O4S. The first-order valence-corrected chi connectivity index (χ1v) is 11.6. The molecule has 35 heavy (non-hydrogen) atoms. The van der Waals surface area contributed by atoms with E-state index in [2.05, 4.69) is 20.7 Å². The summed E-state index contributed by atoms with van der Waals surface area (Å²) in [5, 5.41) is 19.4. The van der Waals surface area contributed by atoms with Crippen molar-refractivity contribution < 1.29 is 32.6 Å². The van der Waals surface area contributed by atoms with Crippen molar-refractivity contribution in [2.75, 3.05) is 5.32 Å². The molecule has 1 fully saturated rings. The van der Waals surface area contributed by atoms with E-state index >= 15 is 0 Å². The Morgan fingerprint density at radius 2 is 1.97 bits per heavy atom. The van der Waals surface area contributed by atoms with Crippen molar-refractivity contribution in [2.45, 2.75) is 44.2 Å². The Morgan fingerprint density at radius 3 is 2.66 bits per heavy atom. The second-order valence-corrected chi connectivity index (χ2v) is 8.92. The number of benzene rings is 1. The van der Waals surface area contributed by atoms with E-state index in [0.29, 0.717) is 11.4 Å². The van der Waals surface area contributed by atoms with Crippen LogP contribution in [0.4, 0.5) is 23.7 Å². The number of aromatic nitrogens is 3. The molecule has 0 bridgehead atoms. The van der Waals surface area contributed by atoms with E-state index in [1.807, 2.05) is 0 Å². The third-order valence-corrected chi connectivity index (χ3v) is 6.57. The van der Waals surface area contributed by atoms with Crippen molar-refractivity contribution in [1.82, 2.24) is 20.1 Å². The van der Waals surface area contributed by atoms with Crippen molar-refractivity contribution in [1.29, 1.82) is 0 Å². The Bertz CT molecular complexity index is 1230. The largest absolute Gasteiger partial charge is 0.465 e. The molecule has 2 aromatic heterocycles. The fraction of sp³-hybridized carbons (Fsp3) is 0.364. The number of carbonyl (C=O) groups excluding carboxylic acids is 1. The summed E-state index contributed by atoms with van der Waals surface area (Å²) in [6.45, 7) is 1.51. The molecule has 4 rings (SSSR count). The highest BCUT2D eigenvalue weighted by Crippen LogP contribution is 2.35. The maximum absolute atomic E-state index is 14.7. The summed E-state index contributed by atoms with van der Waals surface area (Å²) in [5.41, 5.74) is 0.391. The van der Waals surface area contributed by atoms with Gasteiger partial charge in [-0.25, -0.2) is 22.9 Å². The standard InChI is InChI=1S/C22H22F3N5O4S/c1-10-18(25)13(29-22(32)33)6-7-16(34-10)19-14(8-26-30(19)2)27-20(31)15-9-35-21(28-15)17-11(23)4-3-5-12(17)24/h3-5,8-10,13,16,18,29H,6-7H2,1-2H3,(H,27,31)(H,32,33)/t10-,13+,16-,18+/m0/s1. The van der Waals surface area contributed by atoms with Crippen LogP contribution >= 0.6 is 11.3 Å². The molecule has 0 radical (unpaired) electrons. The summed E-state index contributed by atoms with van der Waals surface area (Å²) in [6.07, 6.45) is -2.64. The van der Waals surface area contributed by atoms with Gasteiger partial charge in [0, 0.05) is 12.4 Å². The third kappa shape index (κ3) is 5.15. The summed E-state index contributed by atoms with van der Waals surface area (Å²) < 4.78 is 50.2. The lowest BCUT2D eigenvalue weighted by Crippen LogP contribution is -2.44. The van der Waals surface area contributed by atoms with Crippen LogP contribution in [0.15, 0.2) is 29.8 Å². The van der Waals surface area contributed by atoms with Gasteiger partial charge in [-0.05, 0) is 31.9 Å². The van der Waals surface area contributed by atoms with E-state index in [-0.39, 0.29) is 29.1 Å². The summed E-state index contributed by atoms with van der Waals surface area (Å²) in [4.78, 5) is 27.9. The van der Waals surface area contributed by atoms with Crippen molar-refractivity contribution in [3.63, 3.8) is 0 Å². The summed E-state index contributed by atoms with van der Waals surface area (Å²) in [5.74, 6) is -2.21. The molecule has 2 amide bonds. The number of carbonyl (C=O) groups is 2. The number of thiazole rings is 1. The first-order valence-electron chi connectivity index (χ1n) is 10.7. The maximum atomic E-state index is 14.7. The van der Waals surface area contributed by atoms with Gasteiger partial charge in [0.2, 0.25) is 0 Å². The predicted molar refractivity (Wildman–Crippen MR) is 121 cm³/mol. The minimum absolute atomic E-state index is 0.0176. The minimum Gasteiger partial charge on any atom is -0.465 e. The van der Waals surface area contributed by atoms with Gasteiger partial charge < -0.3 is 20.5 Å². The molecule has 3 heterocycles. The van der Waals surface area contributed by atoms with Gasteiger partial charge in [-0.3, -0.25) is 9.48 Å². The molecule has 0 aliphatic carbocycles. The fourth-order valence-corrected chi connectivity index (χ4v) is 4.88. The van der Waals surface area contributed by atoms with Crippen LogP contribution < -0.4 is 10.6 Å². The summed E-state index contributed by atoms with van der Waals surface area (Å²) in [7, 11) is 1.63. The molecule has 1 aromatic carbocycles. The number of alkyl halides is 1. The second-order valence-electron chi connectivity index (χ2n) is 8.06. The highest BCUT2D eigenvalue weighted by molar-refractivity contribution is 7.13. The van der Waals surface area contributed by atoms with Crippen molar-refractivity contribution >= 4 is 29.0 Å². The molecule has 4 atom stereocenters. The van der Waals surface area contributed by atoms with Gasteiger partial charge in [-0.2, -0.15) is 5.10 Å². The molecule has 3 N–H and O–H groups in total. The molecule has 1 aliphatic heterocycles. The molecule has 13 heteroatoms. The average Bonchev–Trinajstić information content (AvgIpc) is 3.39. The normalized spacial score (nSPS) is 22.4. The average molecular weight is 510 g/mol. The van der Waals surface area contributed by atoms with E-state index in [4.69, 9.17) is 9.84 Å². The van der Waals surface area contributed by atoms with Crippen LogP contribution in [0, 0.1) is 11.6 Å². The number of hydrogen-bond donors (Lipinski definition) is 3. The topological polar surface area (TPSA) is 118 Å². The van der Waals surface area contributed by atoms with Crippen LogP contribution in [0.2, 0.25) is 0 Å². The first-order chi connectivity index (χ1) is 16.7.